The zero-order chi connectivity index (χ0) is 14.9. The first-order valence-electron chi connectivity index (χ1n) is 6.14. The van der Waals surface area contributed by atoms with Gasteiger partial charge in [-0.2, -0.15) is 4.31 Å². The molecule has 0 radical (unpaired) electrons. The molecule has 0 aliphatic rings. The van der Waals surface area contributed by atoms with Crippen molar-refractivity contribution in [3.63, 3.8) is 0 Å². The molecule has 1 unspecified atom stereocenters. The van der Waals surface area contributed by atoms with E-state index >= 15 is 0 Å². The van der Waals surface area contributed by atoms with Gasteiger partial charge in [0.15, 0.2) is 5.03 Å². The Hall–Kier alpha value is -1.86. The number of nitrogens with zero attached hydrogens (tertiary/aromatic N) is 3. The number of aromatic nitrogens is 2. The molecule has 1 atom stereocenters. The Labute approximate surface area is 118 Å². The second-order valence-corrected chi connectivity index (χ2v) is 6.69. The summed E-state index contributed by atoms with van der Waals surface area (Å²) in [5.74, 6) is 0. The Morgan fingerprint density at radius 1 is 1.40 bits per heavy atom. The van der Waals surface area contributed by atoms with Crippen LogP contribution >= 0.6 is 0 Å². The zero-order valence-corrected chi connectivity index (χ0v) is 12.5. The number of anilines is 1. The molecule has 7 heteroatoms. The van der Waals surface area contributed by atoms with Crippen molar-refractivity contribution in [1.29, 1.82) is 0 Å². The number of hydrogen-bond donors (Lipinski definition) is 1. The molecule has 1 aromatic carbocycles. The van der Waals surface area contributed by atoms with Gasteiger partial charge in [0.2, 0.25) is 0 Å². The van der Waals surface area contributed by atoms with Gasteiger partial charge in [0, 0.05) is 32.0 Å². The minimum absolute atomic E-state index is 0.0400. The summed E-state index contributed by atoms with van der Waals surface area (Å²) in [7, 11) is -0.349. The van der Waals surface area contributed by atoms with Crippen molar-refractivity contribution in [2.45, 2.75) is 18.0 Å². The lowest BCUT2D eigenvalue weighted by atomic mass is 10.1. The van der Waals surface area contributed by atoms with Gasteiger partial charge in [-0.05, 0) is 24.6 Å². The van der Waals surface area contributed by atoms with Crippen molar-refractivity contribution in [2.75, 3.05) is 12.8 Å². The van der Waals surface area contributed by atoms with Crippen LogP contribution in [0.3, 0.4) is 0 Å². The van der Waals surface area contributed by atoms with Crippen LogP contribution in [0.15, 0.2) is 41.8 Å². The third-order valence-electron chi connectivity index (χ3n) is 3.26. The van der Waals surface area contributed by atoms with Crippen LogP contribution in [0, 0.1) is 0 Å². The molecule has 0 saturated carbocycles. The number of nitrogens with two attached hydrogens (primary N) is 1. The highest BCUT2D eigenvalue weighted by atomic mass is 32.2. The molecule has 0 bridgehead atoms. The number of hydrogen-bond acceptors (Lipinski definition) is 4. The van der Waals surface area contributed by atoms with Crippen LogP contribution in [0.4, 0.5) is 5.69 Å². The molecule has 2 aromatic rings. The van der Waals surface area contributed by atoms with Gasteiger partial charge in [-0.25, -0.2) is 13.4 Å². The second kappa shape index (κ2) is 5.26. The summed E-state index contributed by atoms with van der Waals surface area (Å²) in [5, 5.41) is 0.0400. The summed E-state index contributed by atoms with van der Waals surface area (Å²) in [6.45, 7) is 1.81. The standard InChI is InChI=1S/C13H18N4O2S/c1-10(11-5-4-6-12(14)7-11)17(3)20(18,19)13-8-16(2)9-15-13/h4-10H,14H2,1-3H3. The van der Waals surface area contributed by atoms with E-state index in [0.717, 1.165) is 5.56 Å². The van der Waals surface area contributed by atoms with Gasteiger partial charge in [-0.3, -0.25) is 0 Å². The predicted octanol–water partition coefficient (Wildman–Crippen LogP) is 1.38. The largest absolute Gasteiger partial charge is 0.399 e. The number of aryl methyl sites for hydroxylation is 1. The van der Waals surface area contributed by atoms with Gasteiger partial charge in [-0.15, -0.1) is 0 Å². The van der Waals surface area contributed by atoms with E-state index < -0.39 is 10.0 Å². The summed E-state index contributed by atoms with van der Waals surface area (Å²) in [6, 6.07) is 6.87. The summed E-state index contributed by atoms with van der Waals surface area (Å²) in [4.78, 5) is 3.91. The predicted molar refractivity (Wildman–Crippen MR) is 77.4 cm³/mol. The van der Waals surface area contributed by atoms with Crippen LogP contribution in [0.5, 0.6) is 0 Å². The number of imidazole rings is 1. The minimum Gasteiger partial charge on any atom is -0.399 e. The lowest BCUT2D eigenvalue weighted by molar-refractivity contribution is 0.397. The molecular formula is C13H18N4O2S. The molecule has 0 aliphatic heterocycles. The van der Waals surface area contributed by atoms with Gasteiger partial charge >= 0.3 is 0 Å². The van der Waals surface area contributed by atoms with Gasteiger partial charge in [0.05, 0.1) is 6.33 Å². The van der Waals surface area contributed by atoms with Crippen molar-refractivity contribution in [1.82, 2.24) is 13.9 Å². The van der Waals surface area contributed by atoms with Crippen molar-refractivity contribution in [3.8, 4) is 0 Å². The van der Waals surface area contributed by atoms with Crippen LogP contribution in [0.2, 0.25) is 0 Å². The highest BCUT2D eigenvalue weighted by Crippen LogP contribution is 2.25. The van der Waals surface area contributed by atoms with Crippen LogP contribution < -0.4 is 5.73 Å². The maximum Gasteiger partial charge on any atom is 0.262 e. The van der Waals surface area contributed by atoms with E-state index in [1.54, 1.807) is 23.7 Å². The Balaban J connectivity index is 2.33. The highest BCUT2D eigenvalue weighted by molar-refractivity contribution is 7.89. The average molecular weight is 294 g/mol. The second-order valence-electron chi connectivity index (χ2n) is 4.74. The fourth-order valence-corrected chi connectivity index (χ4v) is 3.22. The monoisotopic (exact) mass is 294 g/mol. The Bertz CT molecular complexity index is 709. The van der Waals surface area contributed by atoms with Crippen molar-refractivity contribution >= 4 is 15.7 Å². The summed E-state index contributed by atoms with van der Waals surface area (Å²) in [6.07, 6.45) is 2.95. The third-order valence-corrected chi connectivity index (χ3v) is 5.08. The van der Waals surface area contributed by atoms with Gasteiger partial charge in [0.25, 0.3) is 10.0 Å². The maximum absolute atomic E-state index is 12.5. The molecule has 108 valence electrons. The fourth-order valence-electron chi connectivity index (χ4n) is 1.91. The third kappa shape index (κ3) is 2.68. The van der Waals surface area contributed by atoms with E-state index in [0.29, 0.717) is 5.69 Å². The molecule has 0 aliphatic carbocycles. The van der Waals surface area contributed by atoms with Crippen molar-refractivity contribution in [3.05, 3.63) is 42.4 Å². The summed E-state index contributed by atoms with van der Waals surface area (Å²) in [5.41, 5.74) is 7.19. The quantitative estimate of drug-likeness (QED) is 0.864. The molecule has 20 heavy (non-hydrogen) atoms. The molecule has 0 spiro atoms. The molecule has 2 N–H and O–H groups in total. The minimum atomic E-state index is -3.62. The molecule has 1 heterocycles. The van der Waals surface area contributed by atoms with Crippen molar-refractivity contribution < 1.29 is 8.42 Å². The molecule has 2 rings (SSSR count). The Morgan fingerprint density at radius 3 is 2.65 bits per heavy atom. The van der Waals surface area contributed by atoms with E-state index in [4.69, 9.17) is 5.73 Å². The van der Waals surface area contributed by atoms with E-state index in [-0.39, 0.29) is 11.1 Å². The topological polar surface area (TPSA) is 81.2 Å². The van der Waals surface area contributed by atoms with Crippen LogP contribution in [-0.2, 0) is 17.1 Å². The lowest BCUT2D eigenvalue weighted by Gasteiger charge is -2.23. The van der Waals surface area contributed by atoms with E-state index in [1.807, 2.05) is 19.1 Å². The Morgan fingerprint density at radius 2 is 2.10 bits per heavy atom. The first-order valence-corrected chi connectivity index (χ1v) is 7.58. The van der Waals surface area contributed by atoms with E-state index in [1.165, 1.54) is 23.9 Å². The number of sulfonamides is 1. The molecule has 6 nitrogen and oxygen atoms in total. The molecule has 1 aromatic heterocycles. The van der Waals surface area contributed by atoms with E-state index in [9.17, 15) is 8.42 Å². The smallest absolute Gasteiger partial charge is 0.262 e. The average Bonchev–Trinajstić information content (AvgIpc) is 2.84. The van der Waals surface area contributed by atoms with Gasteiger partial charge in [0.1, 0.15) is 0 Å². The van der Waals surface area contributed by atoms with Crippen LogP contribution in [-0.4, -0.2) is 29.3 Å². The Kier molecular flexibility index (Phi) is 3.82. The van der Waals surface area contributed by atoms with Gasteiger partial charge in [-0.1, -0.05) is 12.1 Å². The van der Waals surface area contributed by atoms with E-state index in [2.05, 4.69) is 4.98 Å². The number of rotatable bonds is 4. The summed E-state index contributed by atoms with van der Waals surface area (Å²) < 4.78 is 27.8. The zero-order valence-electron chi connectivity index (χ0n) is 11.7. The first kappa shape index (κ1) is 14.5. The van der Waals surface area contributed by atoms with Crippen LogP contribution in [0.25, 0.3) is 0 Å². The molecule has 0 fully saturated rings. The SMILES string of the molecule is CC(c1cccc(N)c1)N(C)S(=O)(=O)c1cn(C)cn1. The maximum atomic E-state index is 12.5. The number of benzene rings is 1. The fraction of sp³-hybridized carbons (Fsp3) is 0.308. The van der Waals surface area contributed by atoms with Gasteiger partial charge < -0.3 is 10.3 Å². The van der Waals surface area contributed by atoms with Crippen molar-refractivity contribution in [2.24, 2.45) is 7.05 Å². The normalized spacial score (nSPS) is 13.6. The number of nitrogen functional groups attached to an aromatic ring is 1. The molecule has 0 saturated heterocycles. The van der Waals surface area contributed by atoms with Crippen LogP contribution in [0.1, 0.15) is 18.5 Å². The lowest BCUT2D eigenvalue weighted by Crippen LogP contribution is -2.30. The summed E-state index contributed by atoms with van der Waals surface area (Å²) >= 11 is 0. The molecular weight excluding hydrogens is 276 g/mol. The first-order chi connectivity index (χ1) is 9.32. The molecule has 0 amide bonds. The highest BCUT2D eigenvalue weighted by Gasteiger charge is 2.28.